The van der Waals surface area contributed by atoms with Crippen LogP contribution in [0.5, 0.6) is 0 Å². The zero-order valence-corrected chi connectivity index (χ0v) is 13.9. The van der Waals surface area contributed by atoms with Gasteiger partial charge in [-0.2, -0.15) is 0 Å². The predicted molar refractivity (Wildman–Crippen MR) is 97.7 cm³/mol. The van der Waals surface area contributed by atoms with Gasteiger partial charge in [-0.05, 0) is 42.0 Å². The van der Waals surface area contributed by atoms with Crippen molar-refractivity contribution in [3.63, 3.8) is 0 Å². The van der Waals surface area contributed by atoms with Crippen LogP contribution in [0.25, 0.3) is 0 Å². The molecule has 1 amide bonds. The summed E-state index contributed by atoms with van der Waals surface area (Å²) in [6, 6.07) is 16.7. The lowest BCUT2D eigenvalue weighted by atomic mass is 10.1. The maximum atomic E-state index is 12.9. The van der Waals surface area contributed by atoms with Gasteiger partial charge in [0.05, 0.1) is 29.0 Å². The van der Waals surface area contributed by atoms with Crippen molar-refractivity contribution in [3.05, 3.63) is 83.3 Å². The van der Waals surface area contributed by atoms with Crippen LogP contribution < -0.4 is 10.6 Å². The van der Waals surface area contributed by atoms with Crippen molar-refractivity contribution < 1.29 is 9.18 Å². The Morgan fingerprint density at radius 2 is 1.80 bits per heavy atom. The maximum Gasteiger partial charge on any atom is 0.228 e. The molecule has 3 rings (SSSR count). The van der Waals surface area contributed by atoms with Gasteiger partial charge >= 0.3 is 0 Å². The molecule has 6 heteroatoms. The second kappa shape index (κ2) is 7.77. The number of nitrogens with zero attached hydrogens (tertiary/aromatic N) is 1. The minimum atomic E-state index is -0.324. The summed E-state index contributed by atoms with van der Waals surface area (Å²) in [5.74, 6) is 0.0971. The molecule has 0 radical (unpaired) electrons. The van der Waals surface area contributed by atoms with E-state index >= 15 is 0 Å². The van der Waals surface area contributed by atoms with Crippen LogP contribution in [0.15, 0.2) is 66.9 Å². The first-order chi connectivity index (χ1) is 12.1. The van der Waals surface area contributed by atoms with E-state index in [-0.39, 0.29) is 18.1 Å². The molecule has 25 heavy (non-hydrogen) atoms. The van der Waals surface area contributed by atoms with Crippen molar-refractivity contribution in [1.29, 1.82) is 0 Å². The van der Waals surface area contributed by atoms with Crippen LogP contribution in [0.3, 0.4) is 0 Å². The number of benzene rings is 2. The summed E-state index contributed by atoms with van der Waals surface area (Å²) in [6.45, 7) is 0. The number of carbonyl (C=O) groups excluding carboxylic acids is 1. The van der Waals surface area contributed by atoms with Crippen molar-refractivity contribution in [2.45, 2.75) is 6.42 Å². The molecule has 0 aliphatic rings. The SMILES string of the molecule is O=C(Cc1ccc(F)cc1)Nc1ccc(Nc2ccccc2Cl)nc1. The number of para-hydroxylation sites is 1. The molecule has 0 aliphatic carbocycles. The number of carbonyl (C=O) groups is 1. The van der Waals surface area contributed by atoms with Gasteiger partial charge < -0.3 is 10.6 Å². The van der Waals surface area contributed by atoms with Crippen LogP contribution in [-0.4, -0.2) is 10.9 Å². The first kappa shape index (κ1) is 16.9. The first-order valence-electron chi connectivity index (χ1n) is 7.62. The number of hydrogen-bond donors (Lipinski definition) is 2. The summed E-state index contributed by atoms with van der Waals surface area (Å²) >= 11 is 6.09. The zero-order chi connectivity index (χ0) is 17.6. The van der Waals surface area contributed by atoms with Crippen molar-refractivity contribution in [2.75, 3.05) is 10.6 Å². The van der Waals surface area contributed by atoms with Crippen molar-refractivity contribution in [2.24, 2.45) is 0 Å². The van der Waals surface area contributed by atoms with Gasteiger partial charge in [-0.1, -0.05) is 35.9 Å². The molecular weight excluding hydrogens is 341 g/mol. The number of nitrogens with one attached hydrogen (secondary N) is 2. The summed E-state index contributed by atoms with van der Waals surface area (Å²) in [7, 11) is 0. The third kappa shape index (κ3) is 4.78. The summed E-state index contributed by atoms with van der Waals surface area (Å²) < 4.78 is 12.9. The Kier molecular flexibility index (Phi) is 5.26. The lowest BCUT2D eigenvalue weighted by Crippen LogP contribution is -2.14. The average Bonchev–Trinajstić information content (AvgIpc) is 2.61. The van der Waals surface area contributed by atoms with Gasteiger partial charge in [0.2, 0.25) is 5.91 Å². The monoisotopic (exact) mass is 355 g/mol. The van der Waals surface area contributed by atoms with Gasteiger partial charge in [0.25, 0.3) is 0 Å². The molecular formula is C19H15ClFN3O. The molecule has 0 atom stereocenters. The van der Waals surface area contributed by atoms with Crippen LogP contribution in [0.1, 0.15) is 5.56 Å². The third-order valence-corrected chi connectivity index (χ3v) is 3.79. The molecule has 3 aromatic rings. The van der Waals surface area contributed by atoms with E-state index in [1.165, 1.54) is 12.1 Å². The van der Waals surface area contributed by atoms with Crippen LogP contribution >= 0.6 is 11.6 Å². The predicted octanol–water partition coefficient (Wildman–Crippen LogP) is 4.80. The van der Waals surface area contributed by atoms with E-state index in [4.69, 9.17) is 11.6 Å². The minimum absolute atomic E-state index is 0.167. The van der Waals surface area contributed by atoms with E-state index < -0.39 is 0 Å². The van der Waals surface area contributed by atoms with Gasteiger partial charge in [-0.3, -0.25) is 4.79 Å². The average molecular weight is 356 g/mol. The highest BCUT2D eigenvalue weighted by molar-refractivity contribution is 6.33. The smallest absolute Gasteiger partial charge is 0.228 e. The minimum Gasteiger partial charge on any atom is -0.339 e. The second-order valence-electron chi connectivity index (χ2n) is 5.39. The lowest BCUT2D eigenvalue weighted by Gasteiger charge is -2.09. The number of halogens is 2. The van der Waals surface area contributed by atoms with Crippen LogP contribution in [0, 0.1) is 5.82 Å². The largest absolute Gasteiger partial charge is 0.339 e. The van der Waals surface area contributed by atoms with Gasteiger partial charge in [0.15, 0.2) is 0 Å². The van der Waals surface area contributed by atoms with Gasteiger partial charge in [-0.15, -0.1) is 0 Å². The molecule has 2 aromatic carbocycles. The molecule has 2 N–H and O–H groups in total. The van der Waals surface area contributed by atoms with Crippen LogP contribution in [-0.2, 0) is 11.2 Å². The highest BCUT2D eigenvalue weighted by Crippen LogP contribution is 2.24. The third-order valence-electron chi connectivity index (χ3n) is 3.46. The number of aromatic nitrogens is 1. The van der Waals surface area contributed by atoms with E-state index in [0.29, 0.717) is 16.5 Å². The highest BCUT2D eigenvalue weighted by atomic mass is 35.5. The number of hydrogen-bond acceptors (Lipinski definition) is 3. The Bertz CT molecular complexity index is 867. The molecule has 0 bridgehead atoms. The van der Waals surface area contributed by atoms with E-state index in [1.807, 2.05) is 18.2 Å². The standard InChI is InChI=1S/C19H15ClFN3O/c20-16-3-1-2-4-17(16)24-18-10-9-15(12-22-18)23-19(25)11-13-5-7-14(21)8-6-13/h1-10,12H,11H2,(H,22,24)(H,23,25). The van der Waals surface area contributed by atoms with Crippen LogP contribution in [0.2, 0.25) is 5.02 Å². The Morgan fingerprint density at radius 1 is 1.04 bits per heavy atom. The molecule has 0 aliphatic heterocycles. The van der Waals surface area contributed by atoms with Crippen molar-refractivity contribution in [3.8, 4) is 0 Å². The van der Waals surface area contributed by atoms with Gasteiger partial charge in [0, 0.05) is 0 Å². The topological polar surface area (TPSA) is 54.0 Å². The Balaban J connectivity index is 1.59. The molecule has 0 unspecified atom stereocenters. The molecule has 1 aromatic heterocycles. The fraction of sp³-hybridized carbons (Fsp3) is 0.0526. The Hall–Kier alpha value is -2.92. The fourth-order valence-corrected chi connectivity index (χ4v) is 2.42. The molecule has 0 saturated carbocycles. The summed E-state index contributed by atoms with van der Waals surface area (Å²) in [5, 5.41) is 6.46. The number of rotatable bonds is 5. The van der Waals surface area contributed by atoms with E-state index in [0.717, 1.165) is 11.3 Å². The van der Waals surface area contributed by atoms with Crippen molar-refractivity contribution >= 4 is 34.7 Å². The summed E-state index contributed by atoms with van der Waals surface area (Å²) in [6.07, 6.45) is 1.72. The molecule has 4 nitrogen and oxygen atoms in total. The lowest BCUT2D eigenvalue weighted by molar-refractivity contribution is -0.115. The second-order valence-corrected chi connectivity index (χ2v) is 5.80. The van der Waals surface area contributed by atoms with E-state index in [2.05, 4.69) is 15.6 Å². The number of anilines is 3. The quantitative estimate of drug-likeness (QED) is 0.691. The molecule has 1 heterocycles. The molecule has 0 fully saturated rings. The Morgan fingerprint density at radius 3 is 2.48 bits per heavy atom. The van der Waals surface area contributed by atoms with E-state index in [1.54, 1.807) is 36.5 Å². The zero-order valence-electron chi connectivity index (χ0n) is 13.2. The fourth-order valence-electron chi connectivity index (χ4n) is 2.24. The molecule has 126 valence electrons. The Labute approximate surface area is 149 Å². The molecule has 0 saturated heterocycles. The van der Waals surface area contributed by atoms with Crippen molar-refractivity contribution in [1.82, 2.24) is 4.98 Å². The number of amides is 1. The van der Waals surface area contributed by atoms with Gasteiger partial charge in [0.1, 0.15) is 11.6 Å². The highest BCUT2D eigenvalue weighted by Gasteiger charge is 2.06. The summed E-state index contributed by atoms with van der Waals surface area (Å²) in [5.41, 5.74) is 2.07. The maximum absolute atomic E-state index is 12.9. The van der Waals surface area contributed by atoms with Crippen LogP contribution in [0.4, 0.5) is 21.6 Å². The number of pyridine rings is 1. The summed E-state index contributed by atoms with van der Waals surface area (Å²) in [4.78, 5) is 16.3. The van der Waals surface area contributed by atoms with E-state index in [9.17, 15) is 9.18 Å². The first-order valence-corrected chi connectivity index (χ1v) is 8.00. The normalized spacial score (nSPS) is 10.3. The molecule has 0 spiro atoms. The van der Waals surface area contributed by atoms with Gasteiger partial charge in [-0.25, -0.2) is 9.37 Å².